The number of carbonyl (C=O) groups excluding carboxylic acids is 1. The molecule has 20 heavy (non-hydrogen) atoms. The number of carbonyl (C=O) groups is 1. The molecule has 1 aromatic heterocycles. The zero-order valence-corrected chi connectivity index (χ0v) is 11.9. The maximum absolute atomic E-state index is 11.2. The van der Waals surface area contributed by atoms with E-state index in [1.807, 2.05) is 43.3 Å². The van der Waals surface area contributed by atoms with Gasteiger partial charge in [0.05, 0.1) is 11.9 Å². The molecule has 0 saturated carbocycles. The summed E-state index contributed by atoms with van der Waals surface area (Å²) in [5, 5.41) is 6.67. The Morgan fingerprint density at radius 2 is 2.05 bits per heavy atom. The van der Waals surface area contributed by atoms with E-state index in [2.05, 4.69) is 15.6 Å². The van der Waals surface area contributed by atoms with E-state index in [9.17, 15) is 4.79 Å². The van der Waals surface area contributed by atoms with Crippen molar-refractivity contribution in [1.29, 1.82) is 0 Å². The van der Waals surface area contributed by atoms with Crippen molar-refractivity contribution in [2.45, 2.75) is 19.9 Å². The number of hydrogen-bond donors (Lipinski definition) is 2. The average Bonchev–Trinajstić information content (AvgIpc) is 2.48. The summed E-state index contributed by atoms with van der Waals surface area (Å²) >= 11 is 6.08. The molecule has 0 spiro atoms. The normalized spacial score (nSPS) is 10.1. The minimum Gasteiger partial charge on any atom is -0.366 e. The predicted octanol–water partition coefficient (Wildman–Crippen LogP) is 3.70. The third-order valence-corrected chi connectivity index (χ3v) is 3.15. The first-order chi connectivity index (χ1) is 9.69. The van der Waals surface area contributed by atoms with Crippen LogP contribution in [0.4, 0.5) is 11.5 Å². The number of pyridine rings is 1. The lowest BCUT2D eigenvalue weighted by Crippen LogP contribution is -2.10. The molecular weight excluding hydrogens is 274 g/mol. The molecule has 0 bridgehead atoms. The van der Waals surface area contributed by atoms with Crippen LogP contribution in [-0.4, -0.2) is 10.9 Å². The van der Waals surface area contributed by atoms with Crippen LogP contribution in [0.2, 0.25) is 5.02 Å². The summed E-state index contributed by atoms with van der Waals surface area (Å²) < 4.78 is 0. The highest BCUT2D eigenvalue weighted by Crippen LogP contribution is 2.17. The van der Waals surface area contributed by atoms with Gasteiger partial charge in [-0.2, -0.15) is 0 Å². The number of anilines is 2. The minimum absolute atomic E-state index is 0.0245. The number of benzene rings is 1. The standard InChI is InChI=1S/C15H16ClN3O/c1-2-15(20)19-12-7-8-14(18-10-12)17-9-11-5-3-4-6-13(11)16/h3-8,10H,2,9H2,1H3,(H,17,18)(H,19,20). The summed E-state index contributed by atoms with van der Waals surface area (Å²) in [6, 6.07) is 11.3. The maximum atomic E-state index is 11.2. The van der Waals surface area contributed by atoms with Crippen LogP contribution in [0.3, 0.4) is 0 Å². The van der Waals surface area contributed by atoms with Crippen LogP contribution in [0.25, 0.3) is 0 Å². The molecule has 0 aliphatic heterocycles. The lowest BCUT2D eigenvalue weighted by Gasteiger charge is -2.08. The van der Waals surface area contributed by atoms with Crippen molar-refractivity contribution >= 4 is 29.0 Å². The van der Waals surface area contributed by atoms with Crippen molar-refractivity contribution in [1.82, 2.24) is 4.98 Å². The molecule has 5 heteroatoms. The molecular formula is C15H16ClN3O. The second-order valence-corrected chi connectivity index (χ2v) is 4.69. The Hall–Kier alpha value is -2.07. The summed E-state index contributed by atoms with van der Waals surface area (Å²) in [4.78, 5) is 15.5. The highest BCUT2D eigenvalue weighted by atomic mass is 35.5. The third-order valence-electron chi connectivity index (χ3n) is 2.79. The largest absolute Gasteiger partial charge is 0.366 e. The summed E-state index contributed by atoms with van der Waals surface area (Å²) in [5.41, 5.74) is 1.71. The fraction of sp³-hybridized carbons (Fsp3) is 0.200. The summed E-state index contributed by atoms with van der Waals surface area (Å²) in [6.07, 6.45) is 2.08. The van der Waals surface area contributed by atoms with Crippen LogP contribution in [0.5, 0.6) is 0 Å². The Bertz CT molecular complexity index is 584. The van der Waals surface area contributed by atoms with Crippen LogP contribution in [-0.2, 0) is 11.3 Å². The van der Waals surface area contributed by atoms with Gasteiger partial charge in [-0.1, -0.05) is 36.7 Å². The number of nitrogens with one attached hydrogen (secondary N) is 2. The third kappa shape index (κ3) is 3.96. The smallest absolute Gasteiger partial charge is 0.224 e. The van der Waals surface area contributed by atoms with Gasteiger partial charge in [0, 0.05) is 18.0 Å². The van der Waals surface area contributed by atoms with Gasteiger partial charge in [-0.15, -0.1) is 0 Å². The summed E-state index contributed by atoms with van der Waals surface area (Å²) in [7, 11) is 0. The van der Waals surface area contributed by atoms with E-state index in [1.165, 1.54) is 0 Å². The Labute approximate surface area is 123 Å². The van der Waals surface area contributed by atoms with Crippen LogP contribution >= 0.6 is 11.6 Å². The molecule has 1 heterocycles. The number of rotatable bonds is 5. The second-order valence-electron chi connectivity index (χ2n) is 4.28. The quantitative estimate of drug-likeness (QED) is 0.882. The first-order valence-corrected chi connectivity index (χ1v) is 6.80. The van der Waals surface area contributed by atoms with Crippen molar-refractivity contribution in [2.24, 2.45) is 0 Å². The molecule has 2 N–H and O–H groups in total. The van der Waals surface area contributed by atoms with E-state index >= 15 is 0 Å². The fourth-order valence-corrected chi connectivity index (χ4v) is 1.85. The zero-order valence-electron chi connectivity index (χ0n) is 11.2. The lowest BCUT2D eigenvalue weighted by atomic mass is 10.2. The van der Waals surface area contributed by atoms with E-state index in [4.69, 9.17) is 11.6 Å². The van der Waals surface area contributed by atoms with Gasteiger partial charge in [0.15, 0.2) is 0 Å². The Morgan fingerprint density at radius 1 is 1.25 bits per heavy atom. The fourth-order valence-electron chi connectivity index (χ4n) is 1.65. The lowest BCUT2D eigenvalue weighted by molar-refractivity contribution is -0.115. The van der Waals surface area contributed by atoms with Crippen molar-refractivity contribution in [2.75, 3.05) is 10.6 Å². The van der Waals surface area contributed by atoms with Gasteiger partial charge in [0.25, 0.3) is 0 Å². The summed E-state index contributed by atoms with van der Waals surface area (Å²) in [5.74, 6) is 0.711. The van der Waals surface area contributed by atoms with Gasteiger partial charge in [0.1, 0.15) is 5.82 Å². The first-order valence-electron chi connectivity index (χ1n) is 6.42. The molecule has 0 saturated heterocycles. The molecule has 2 aromatic rings. The van der Waals surface area contributed by atoms with Crippen LogP contribution in [0.1, 0.15) is 18.9 Å². The van der Waals surface area contributed by atoms with E-state index in [0.717, 1.165) is 16.4 Å². The van der Waals surface area contributed by atoms with Gasteiger partial charge >= 0.3 is 0 Å². The van der Waals surface area contributed by atoms with Crippen LogP contribution in [0, 0.1) is 0 Å². The van der Waals surface area contributed by atoms with Crippen LogP contribution < -0.4 is 10.6 Å². The zero-order chi connectivity index (χ0) is 14.4. The molecule has 0 unspecified atom stereocenters. The predicted molar refractivity (Wildman–Crippen MR) is 81.9 cm³/mol. The number of hydrogen-bond acceptors (Lipinski definition) is 3. The molecule has 0 radical (unpaired) electrons. The van der Waals surface area contributed by atoms with Crippen molar-refractivity contribution < 1.29 is 4.79 Å². The monoisotopic (exact) mass is 289 g/mol. The van der Waals surface area contributed by atoms with E-state index in [1.54, 1.807) is 6.20 Å². The SMILES string of the molecule is CCC(=O)Nc1ccc(NCc2ccccc2Cl)nc1. The molecule has 0 aliphatic carbocycles. The van der Waals surface area contributed by atoms with Gasteiger partial charge in [-0.05, 0) is 23.8 Å². The van der Waals surface area contributed by atoms with Crippen molar-refractivity contribution in [3.8, 4) is 0 Å². The number of halogens is 1. The molecule has 104 valence electrons. The average molecular weight is 290 g/mol. The van der Waals surface area contributed by atoms with E-state index < -0.39 is 0 Å². The Balaban J connectivity index is 1.94. The molecule has 4 nitrogen and oxygen atoms in total. The molecule has 0 atom stereocenters. The number of aromatic nitrogens is 1. The van der Waals surface area contributed by atoms with Crippen LogP contribution in [0.15, 0.2) is 42.6 Å². The minimum atomic E-state index is -0.0245. The molecule has 2 rings (SSSR count). The Kier molecular flexibility index (Phi) is 4.96. The molecule has 1 aromatic carbocycles. The molecule has 0 aliphatic rings. The second kappa shape index (κ2) is 6.91. The van der Waals surface area contributed by atoms with Crippen molar-refractivity contribution in [3.05, 3.63) is 53.2 Å². The van der Waals surface area contributed by atoms with Crippen molar-refractivity contribution in [3.63, 3.8) is 0 Å². The van der Waals surface area contributed by atoms with Gasteiger partial charge in [-0.3, -0.25) is 4.79 Å². The highest BCUT2D eigenvalue weighted by Gasteiger charge is 2.01. The number of nitrogens with zero attached hydrogens (tertiary/aromatic N) is 1. The van der Waals surface area contributed by atoms with Gasteiger partial charge in [-0.25, -0.2) is 4.98 Å². The van der Waals surface area contributed by atoms with Gasteiger partial charge < -0.3 is 10.6 Å². The van der Waals surface area contributed by atoms with E-state index in [0.29, 0.717) is 18.7 Å². The van der Waals surface area contributed by atoms with Gasteiger partial charge in [0.2, 0.25) is 5.91 Å². The molecule has 0 fully saturated rings. The van der Waals surface area contributed by atoms with E-state index in [-0.39, 0.29) is 5.91 Å². The maximum Gasteiger partial charge on any atom is 0.224 e. The Morgan fingerprint density at radius 3 is 2.70 bits per heavy atom. The summed E-state index contributed by atoms with van der Waals surface area (Å²) in [6.45, 7) is 2.41. The number of amides is 1. The topological polar surface area (TPSA) is 54.0 Å². The molecule has 1 amide bonds. The first kappa shape index (κ1) is 14.3. The highest BCUT2D eigenvalue weighted by molar-refractivity contribution is 6.31.